The largest absolute Gasteiger partial charge is 0.354 e. The van der Waals surface area contributed by atoms with Gasteiger partial charge in [-0.25, -0.2) is 8.42 Å². The van der Waals surface area contributed by atoms with Gasteiger partial charge in [-0.2, -0.15) is 0 Å². The first kappa shape index (κ1) is 22.1. The Morgan fingerprint density at radius 3 is 2.19 bits per heavy atom. The summed E-state index contributed by atoms with van der Waals surface area (Å²) in [6.45, 7) is -0.0930. The zero-order chi connectivity index (χ0) is 20.2. The van der Waals surface area contributed by atoms with E-state index in [0.717, 1.165) is 16.1 Å². The van der Waals surface area contributed by atoms with E-state index >= 15 is 0 Å². The molecule has 1 amide bonds. The van der Waals surface area contributed by atoms with Crippen LogP contribution in [-0.2, 0) is 21.2 Å². The molecule has 2 aromatic rings. The lowest BCUT2D eigenvalue weighted by Crippen LogP contribution is -2.41. The van der Waals surface area contributed by atoms with Crippen LogP contribution in [0, 0.1) is 0 Å². The second-order valence-corrected chi connectivity index (χ2v) is 9.28. The van der Waals surface area contributed by atoms with Gasteiger partial charge in [-0.15, -0.1) is 0 Å². The highest BCUT2D eigenvalue weighted by atomic mass is 35.5. The first-order valence-electron chi connectivity index (χ1n) is 7.71. The molecule has 0 fully saturated rings. The fraction of sp³-hybridized carbons (Fsp3) is 0.235. The maximum atomic E-state index is 12.2. The summed E-state index contributed by atoms with van der Waals surface area (Å²) in [6, 6.07) is 9.87. The van der Waals surface area contributed by atoms with Gasteiger partial charge in [-0.05, 0) is 36.2 Å². The number of hydrogen-bond acceptors (Lipinski definition) is 3. The van der Waals surface area contributed by atoms with Gasteiger partial charge in [0.25, 0.3) is 0 Å². The minimum atomic E-state index is -3.78. The highest BCUT2D eigenvalue weighted by molar-refractivity contribution is 7.92. The van der Waals surface area contributed by atoms with Crippen molar-refractivity contribution in [1.82, 2.24) is 5.32 Å². The first-order chi connectivity index (χ1) is 12.6. The molecular weight excluding hydrogens is 454 g/mol. The number of amides is 1. The van der Waals surface area contributed by atoms with Crippen LogP contribution in [0.3, 0.4) is 0 Å². The van der Waals surface area contributed by atoms with E-state index in [2.05, 4.69) is 5.32 Å². The highest BCUT2D eigenvalue weighted by Gasteiger charge is 2.24. The molecule has 0 saturated heterocycles. The van der Waals surface area contributed by atoms with Crippen molar-refractivity contribution in [2.24, 2.45) is 0 Å². The zero-order valence-corrected chi connectivity index (χ0v) is 18.0. The van der Waals surface area contributed by atoms with Crippen molar-refractivity contribution < 1.29 is 13.2 Å². The van der Waals surface area contributed by atoms with Crippen LogP contribution < -0.4 is 9.62 Å². The molecule has 2 aromatic carbocycles. The van der Waals surface area contributed by atoms with Crippen LogP contribution in [0.5, 0.6) is 0 Å². The van der Waals surface area contributed by atoms with E-state index in [1.54, 1.807) is 12.1 Å². The van der Waals surface area contributed by atoms with Crippen molar-refractivity contribution in [2.75, 3.05) is 23.7 Å². The predicted molar refractivity (Wildman–Crippen MR) is 112 cm³/mol. The van der Waals surface area contributed by atoms with Crippen molar-refractivity contribution in [3.63, 3.8) is 0 Å². The topological polar surface area (TPSA) is 66.5 Å². The number of halogens is 4. The van der Waals surface area contributed by atoms with Gasteiger partial charge in [0, 0.05) is 11.6 Å². The maximum Gasteiger partial charge on any atom is 0.240 e. The number of hydrogen-bond donors (Lipinski definition) is 1. The number of nitrogens with one attached hydrogen (secondary N) is 1. The van der Waals surface area contributed by atoms with E-state index < -0.39 is 22.5 Å². The predicted octanol–water partition coefficient (Wildman–Crippen LogP) is 4.43. The Kier molecular flexibility index (Phi) is 7.65. The molecule has 1 N–H and O–H groups in total. The van der Waals surface area contributed by atoms with Crippen molar-refractivity contribution in [2.45, 2.75) is 6.42 Å². The van der Waals surface area contributed by atoms with Crippen LogP contribution in [0.25, 0.3) is 0 Å². The van der Waals surface area contributed by atoms with Crippen molar-refractivity contribution in [1.29, 1.82) is 0 Å². The summed E-state index contributed by atoms with van der Waals surface area (Å²) in [7, 11) is -3.78. The summed E-state index contributed by atoms with van der Waals surface area (Å²) in [5, 5.41) is 3.70. The van der Waals surface area contributed by atoms with E-state index in [0.29, 0.717) is 18.0 Å². The van der Waals surface area contributed by atoms with Gasteiger partial charge in [0.1, 0.15) is 6.54 Å². The quantitative estimate of drug-likeness (QED) is 0.610. The average molecular weight is 470 g/mol. The molecular formula is C17H16Cl4N2O3S. The lowest BCUT2D eigenvalue weighted by atomic mass is 10.1. The monoisotopic (exact) mass is 468 g/mol. The van der Waals surface area contributed by atoms with E-state index in [9.17, 15) is 13.2 Å². The van der Waals surface area contributed by atoms with Crippen LogP contribution in [-0.4, -0.2) is 33.7 Å². The molecule has 0 atom stereocenters. The Labute approximate surface area is 178 Å². The third-order valence-corrected chi connectivity index (χ3v) is 6.00. The molecule has 0 aromatic heterocycles. The molecule has 0 unspecified atom stereocenters. The molecule has 2 rings (SSSR count). The standard InChI is InChI=1S/C17H16Cl4N2O3S/c1-27(25,26)23(16-9-14(20)13(19)8-15(16)21)10-17(24)22-7-6-11-2-4-12(18)5-3-11/h2-5,8-9H,6-7,10H2,1H3,(H,22,24). The molecule has 10 heteroatoms. The third kappa shape index (κ3) is 6.43. The summed E-state index contributed by atoms with van der Waals surface area (Å²) in [5.74, 6) is -0.475. The molecule has 0 spiro atoms. The fourth-order valence-electron chi connectivity index (χ4n) is 2.27. The van der Waals surface area contributed by atoms with Gasteiger partial charge in [-0.3, -0.25) is 9.10 Å². The number of carbonyl (C=O) groups excluding carboxylic acids is 1. The van der Waals surface area contributed by atoms with Gasteiger partial charge in [0.2, 0.25) is 15.9 Å². The average Bonchev–Trinajstić information content (AvgIpc) is 2.57. The number of rotatable bonds is 7. The van der Waals surface area contributed by atoms with Crippen molar-refractivity contribution in [3.05, 3.63) is 62.1 Å². The molecule has 0 bridgehead atoms. The number of nitrogens with zero attached hydrogens (tertiary/aromatic N) is 1. The lowest BCUT2D eigenvalue weighted by Gasteiger charge is -2.23. The number of anilines is 1. The molecule has 5 nitrogen and oxygen atoms in total. The van der Waals surface area contributed by atoms with Crippen LogP contribution in [0.4, 0.5) is 5.69 Å². The second kappa shape index (κ2) is 9.34. The molecule has 0 aliphatic rings. The minimum absolute atomic E-state index is 0.0730. The molecule has 0 radical (unpaired) electrons. The molecule has 146 valence electrons. The van der Waals surface area contributed by atoms with Crippen LogP contribution >= 0.6 is 46.4 Å². The Morgan fingerprint density at radius 1 is 1.00 bits per heavy atom. The van der Waals surface area contributed by atoms with Gasteiger partial charge >= 0.3 is 0 Å². The van der Waals surface area contributed by atoms with Crippen LogP contribution in [0.15, 0.2) is 36.4 Å². The minimum Gasteiger partial charge on any atom is -0.354 e. The van der Waals surface area contributed by atoms with Gasteiger partial charge in [0.15, 0.2) is 0 Å². The third-order valence-electron chi connectivity index (χ3n) is 3.60. The van der Waals surface area contributed by atoms with E-state index in [4.69, 9.17) is 46.4 Å². The molecule has 27 heavy (non-hydrogen) atoms. The number of benzene rings is 2. The summed E-state index contributed by atoms with van der Waals surface area (Å²) < 4.78 is 25.2. The summed E-state index contributed by atoms with van der Waals surface area (Å²) in [6.07, 6.45) is 1.56. The maximum absolute atomic E-state index is 12.2. The number of sulfonamides is 1. The van der Waals surface area contributed by atoms with E-state index in [1.165, 1.54) is 12.1 Å². The Balaban J connectivity index is 2.07. The zero-order valence-electron chi connectivity index (χ0n) is 14.2. The number of carbonyl (C=O) groups is 1. The Hall–Kier alpha value is -1.18. The SMILES string of the molecule is CS(=O)(=O)N(CC(=O)NCCc1ccc(Cl)cc1)c1cc(Cl)c(Cl)cc1Cl. The summed E-state index contributed by atoms with van der Waals surface area (Å²) >= 11 is 23.8. The van der Waals surface area contributed by atoms with Crippen molar-refractivity contribution in [3.8, 4) is 0 Å². The molecule has 0 saturated carbocycles. The van der Waals surface area contributed by atoms with Gasteiger partial charge in [-0.1, -0.05) is 58.5 Å². The first-order valence-corrected chi connectivity index (χ1v) is 11.1. The molecule has 0 heterocycles. The Bertz CT molecular complexity index is 934. The van der Waals surface area contributed by atoms with Gasteiger partial charge in [0.05, 0.1) is 27.0 Å². The van der Waals surface area contributed by atoms with E-state index in [-0.39, 0.29) is 20.8 Å². The summed E-state index contributed by atoms with van der Waals surface area (Å²) in [4.78, 5) is 12.2. The van der Waals surface area contributed by atoms with Crippen molar-refractivity contribution >= 4 is 68.0 Å². The highest BCUT2D eigenvalue weighted by Crippen LogP contribution is 2.35. The van der Waals surface area contributed by atoms with Crippen LogP contribution in [0.1, 0.15) is 5.56 Å². The molecule has 0 aliphatic heterocycles. The van der Waals surface area contributed by atoms with Crippen LogP contribution in [0.2, 0.25) is 20.1 Å². The Morgan fingerprint density at radius 2 is 1.59 bits per heavy atom. The molecule has 0 aliphatic carbocycles. The normalized spacial score (nSPS) is 11.3. The van der Waals surface area contributed by atoms with E-state index in [1.807, 2.05) is 12.1 Å². The second-order valence-electron chi connectivity index (χ2n) is 5.71. The lowest BCUT2D eigenvalue weighted by molar-refractivity contribution is -0.119. The summed E-state index contributed by atoms with van der Waals surface area (Å²) in [5.41, 5.74) is 1.08. The smallest absolute Gasteiger partial charge is 0.240 e. The fourth-order valence-corrected chi connectivity index (χ4v) is 3.95. The van der Waals surface area contributed by atoms with Gasteiger partial charge < -0.3 is 5.32 Å².